The molecule has 1 unspecified atom stereocenters. The quantitative estimate of drug-likeness (QED) is 0.904. The Bertz CT molecular complexity index is 788. The SMILES string of the molecule is Cc1sc(NC(=O)C[NH+]2CCc3ccccc3C2)c(C#N)c1C. The first kappa shape index (κ1) is 15.7. The second kappa shape index (κ2) is 6.53. The van der Waals surface area contributed by atoms with Crippen LogP contribution in [0.1, 0.15) is 27.1 Å². The minimum absolute atomic E-state index is 0.0165. The fourth-order valence-corrected chi connectivity index (χ4v) is 4.07. The van der Waals surface area contributed by atoms with Gasteiger partial charge in [-0.15, -0.1) is 11.3 Å². The molecule has 1 atom stereocenters. The summed E-state index contributed by atoms with van der Waals surface area (Å²) in [5, 5.41) is 12.9. The molecule has 2 heterocycles. The van der Waals surface area contributed by atoms with Crippen LogP contribution in [-0.2, 0) is 17.8 Å². The minimum atomic E-state index is -0.0165. The molecule has 0 saturated heterocycles. The zero-order valence-corrected chi connectivity index (χ0v) is 14.2. The highest BCUT2D eigenvalue weighted by Gasteiger charge is 2.22. The van der Waals surface area contributed by atoms with E-state index in [1.54, 1.807) is 0 Å². The molecule has 4 nitrogen and oxygen atoms in total. The summed E-state index contributed by atoms with van der Waals surface area (Å²) in [6, 6.07) is 10.6. The van der Waals surface area contributed by atoms with Crippen molar-refractivity contribution in [2.45, 2.75) is 26.8 Å². The summed E-state index contributed by atoms with van der Waals surface area (Å²) in [6.07, 6.45) is 1.01. The maximum absolute atomic E-state index is 12.3. The lowest BCUT2D eigenvalue weighted by Crippen LogP contribution is -3.12. The lowest BCUT2D eigenvalue weighted by atomic mass is 10.00. The highest BCUT2D eigenvalue weighted by Crippen LogP contribution is 2.31. The van der Waals surface area contributed by atoms with Crippen LogP contribution in [-0.4, -0.2) is 19.0 Å². The third-order valence-corrected chi connectivity index (χ3v) is 5.59. The number of amides is 1. The van der Waals surface area contributed by atoms with Gasteiger partial charge in [0.2, 0.25) is 0 Å². The van der Waals surface area contributed by atoms with Gasteiger partial charge in [-0.25, -0.2) is 0 Å². The average molecular weight is 326 g/mol. The van der Waals surface area contributed by atoms with Gasteiger partial charge in [0.25, 0.3) is 5.91 Å². The van der Waals surface area contributed by atoms with Crippen LogP contribution in [0.2, 0.25) is 0 Å². The van der Waals surface area contributed by atoms with Gasteiger partial charge in [0.05, 0.1) is 12.1 Å². The Labute approximate surface area is 140 Å². The second-order valence-corrected chi connectivity index (χ2v) is 7.24. The fourth-order valence-electron chi connectivity index (χ4n) is 3.04. The van der Waals surface area contributed by atoms with Crippen molar-refractivity contribution in [2.75, 3.05) is 18.4 Å². The molecule has 2 N–H and O–H groups in total. The number of benzene rings is 1. The van der Waals surface area contributed by atoms with Crippen LogP contribution >= 0.6 is 11.3 Å². The molecule has 23 heavy (non-hydrogen) atoms. The summed E-state index contributed by atoms with van der Waals surface area (Å²) in [4.78, 5) is 14.7. The number of carbonyl (C=O) groups is 1. The third-order valence-electron chi connectivity index (χ3n) is 4.47. The minimum Gasteiger partial charge on any atom is -0.323 e. The average Bonchev–Trinajstić information content (AvgIpc) is 2.80. The van der Waals surface area contributed by atoms with Crippen molar-refractivity contribution >= 4 is 22.2 Å². The summed E-state index contributed by atoms with van der Waals surface area (Å²) in [5.74, 6) is -0.0165. The fraction of sp³-hybridized carbons (Fsp3) is 0.333. The van der Waals surface area contributed by atoms with Gasteiger partial charge in [0, 0.05) is 16.9 Å². The van der Waals surface area contributed by atoms with Crippen molar-refractivity contribution in [2.24, 2.45) is 0 Å². The van der Waals surface area contributed by atoms with Crippen molar-refractivity contribution < 1.29 is 9.69 Å². The van der Waals surface area contributed by atoms with E-state index in [4.69, 9.17) is 0 Å². The van der Waals surface area contributed by atoms with E-state index < -0.39 is 0 Å². The van der Waals surface area contributed by atoms with Crippen LogP contribution < -0.4 is 10.2 Å². The van der Waals surface area contributed by atoms with E-state index >= 15 is 0 Å². The molecule has 1 amide bonds. The zero-order chi connectivity index (χ0) is 16.4. The second-order valence-electron chi connectivity index (χ2n) is 6.02. The topological polar surface area (TPSA) is 57.3 Å². The van der Waals surface area contributed by atoms with Gasteiger partial charge in [0.15, 0.2) is 6.54 Å². The third kappa shape index (κ3) is 3.29. The van der Waals surface area contributed by atoms with Crippen LogP contribution in [0.4, 0.5) is 5.00 Å². The summed E-state index contributed by atoms with van der Waals surface area (Å²) < 4.78 is 0. The van der Waals surface area contributed by atoms with Gasteiger partial charge in [-0.2, -0.15) is 5.26 Å². The number of carbonyl (C=O) groups excluding carboxylic acids is 1. The molecule has 0 saturated carbocycles. The van der Waals surface area contributed by atoms with Crippen molar-refractivity contribution in [3.63, 3.8) is 0 Å². The highest BCUT2D eigenvalue weighted by molar-refractivity contribution is 7.16. The first-order valence-electron chi connectivity index (χ1n) is 7.78. The molecule has 0 aliphatic carbocycles. The predicted molar refractivity (Wildman–Crippen MR) is 91.7 cm³/mol. The smallest absolute Gasteiger partial charge is 0.280 e. The Hall–Kier alpha value is -2.16. The number of nitrogens with zero attached hydrogens (tertiary/aromatic N) is 1. The molecule has 1 aliphatic heterocycles. The Morgan fingerprint density at radius 1 is 1.35 bits per heavy atom. The molecule has 3 rings (SSSR count). The number of nitrogens with one attached hydrogen (secondary N) is 2. The van der Waals surface area contributed by atoms with Gasteiger partial charge in [0.1, 0.15) is 17.6 Å². The molecule has 2 aromatic rings. The van der Waals surface area contributed by atoms with E-state index in [1.807, 2.05) is 13.8 Å². The predicted octanol–water partition coefficient (Wildman–Crippen LogP) is 1.82. The molecule has 5 heteroatoms. The van der Waals surface area contributed by atoms with Crippen molar-refractivity contribution in [1.82, 2.24) is 0 Å². The molecule has 0 radical (unpaired) electrons. The Morgan fingerprint density at radius 2 is 2.09 bits per heavy atom. The van der Waals surface area contributed by atoms with E-state index in [9.17, 15) is 10.1 Å². The van der Waals surface area contributed by atoms with Crippen molar-refractivity contribution in [3.05, 3.63) is 51.4 Å². The number of quaternary nitrogens is 1. The zero-order valence-electron chi connectivity index (χ0n) is 13.4. The summed E-state index contributed by atoms with van der Waals surface area (Å²) in [7, 11) is 0. The number of anilines is 1. The van der Waals surface area contributed by atoms with Crippen LogP contribution in [0.25, 0.3) is 0 Å². The Balaban J connectivity index is 1.65. The normalized spacial score (nSPS) is 16.5. The molecule has 1 aromatic heterocycles. The maximum atomic E-state index is 12.3. The lowest BCUT2D eigenvalue weighted by Gasteiger charge is -2.25. The summed E-state index contributed by atoms with van der Waals surface area (Å²) in [5.41, 5.74) is 4.29. The van der Waals surface area contributed by atoms with Gasteiger partial charge < -0.3 is 10.2 Å². The maximum Gasteiger partial charge on any atom is 0.280 e. The number of thiophene rings is 1. The van der Waals surface area contributed by atoms with Crippen LogP contribution in [0, 0.1) is 25.2 Å². The standard InChI is InChI=1S/C18H19N3OS/c1-12-13(2)23-18(16(12)9-19)20-17(22)11-21-8-7-14-5-3-4-6-15(14)10-21/h3-6H,7-8,10-11H2,1-2H3,(H,20,22)/p+1. The lowest BCUT2D eigenvalue weighted by molar-refractivity contribution is -0.907. The number of nitriles is 1. The van der Waals surface area contributed by atoms with E-state index in [0.29, 0.717) is 17.1 Å². The van der Waals surface area contributed by atoms with Gasteiger partial charge >= 0.3 is 0 Å². The molecule has 1 aliphatic rings. The molecule has 0 spiro atoms. The van der Waals surface area contributed by atoms with Crippen molar-refractivity contribution in [3.8, 4) is 6.07 Å². The van der Waals surface area contributed by atoms with Crippen LogP contribution in [0.15, 0.2) is 24.3 Å². The summed E-state index contributed by atoms with van der Waals surface area (Å²) in [6.45, 7) is 6.20. The van der Waals surface area contributed by atoms with E-state index in [0.717, 1.165) is 30.0 Å². The van der Waals surface area contributed by atoms with E-state index in [-0.39, 0.29) is 5.91 Å². The van der Waals surface area contributed by atoms with Crippen LogP contribution in [0.3, 0.4) is 0 Å². The number of rotatable bonds is 3. The largest absolute Gasteiger partial charge is 0.323 e. The van der Waals surface area contributed by atoms with Crippen LogP contribution in [0.5, 0.6) is 0 Å². The first-order chi connectivity index (χ1) is 11.1. The molecular formula is C18H20N3OS+. The number of aryl methyl sites for hydroxylation is 1. The molecule has 0 fully saturated rings. The van der Waals surface area contributed by atoms with E-state index in [2.05, 4.69) is 35.7 Å². The van der Waals surface area contributed by atoms with Gasteiger partial charge in [-0.05, 0) is 25.0 Å². The monoisotopic (exact) mass is 326 g/mol. The Kier molecular flexibility index (Phi) is 4.46. The number of hydrogen-bond donors (Lipinski definition) is 2. The van der Waals surface area contributed by atoms with Gasteiger partial charge in [-0.3, -0.25) is 4.79 Å². The molecule has 118 valence electrons. The summed E-state index contributed by atoms with van der Waals surface area (Å²) >= 11 is 1.48. The van der Waals surface area contributed by atoms with E-state index in [1.165, 1.54) is 27.4 Å². The van der Waals surface area contributed by atoms with Crippen molar-refractivity contribution in [1.29, 1.82) is 5.26 Å². The number of hydrogen-bond acceptors (Lipinski definition) is 3. The number of fused-ring (bicyclic) bond motifs is 1. The Morgan fingerprint density at radius 3 is 2.83 bits per heavy atom. The van der Waals surface area contributed by atoms with Gasteiger partial charge in [-0.1, -0.05) is 24.3 Å². The molecular weight excluding hydrogens is 306 g/mol. The first-order valence-corrected chi connectivity index (χ1v) is 8.60. The molecule has 0 bridgehead atoms. The highest BCUT2D eigenvalue weighted by atomic mass is 32.1. The molecule has 1 aromatic carbocycles.